The van der Waals surface area contributed by atoms with Crippen molar-refractivity contribution in [3.05, 3.63) is 66.2 Å². The number of hydrogen-bond acceptors (Lipinski definition) is 5. The molecule has 1 fully saturated rings. The molecule has 1 aliphatic carbocycles. The highest BCUT2D eigenvalue weighted by molar-refractivity contribution is 5.64. The summed E-state index contributed by atoms with van der Waals surface area (Å²) in [7, 11) is 1.67. The van der Waals surface area contributed by atoms with Crippen LogP contribution in [0.25, 0.3) is 11.3 Å². The SMILES string of the molecule is COc1ccc(CNc2cc(-c3ccccc3)nc(NC3CC3)n2)cc1. The molecule has 1 saturated carbocycles. The van der Waals surface area contributed by atoms with E-state index in [2.05, 4.69) is 44.9 Å². The summed E-state index contributed by atoms with van der Waals surface area (Å²) in [5, 5.41) is 6.81. The molecule has 0 amide bonds. The van der Waals surface area contributed by atoms with Gasteiger partial charge in [-0.3, -0.25) is 0 Å². The second-order valence-electron chi connectivity index (χ2n) is 6.45. The predicted octanol–water partition coefficient (Wildman–Crippen LogP) is 4.34. The smallest absolute Gasteiger partial charge is 0.225 e. The zero-order valence-corrected chi connectivity index (χ0v) is 14.8. The first kappa shape index (κ1) is 16.4. The molecular formula is C21H22N4O. The van der Waals surface area contributed by atoms with Crippen LogP contribution in [0.2, 0.25) is 0 Å². The number of ether oxygens (including phenoxy) is 1. The van der Waals surface area contributed by atoms with Crippen LogP contribution in [0.3, 0.4) is 0 Å². The third-order valence-electron chi connectivity index (χ3n) is 4.34. The Morgan fingerprint density at radius 1 is 1.00 bits per heavy atom. The van der Waals surface area contributed by atoms with E-state index < -0.39 is 0 Å². The molecule has 0 spiro atoms. The van der Waals surface area contributed by atoms with Gasteiger partial charge >= 0.3 is 0 Å². The largest absolute Gasteiger partial charge is 0.497 e. The maximum absolute atomic E-state index is 5.21. The van der Waals surface area contributed by atoms with Crippen molar-refractivity contribution in [2.24, 2.45) is 0 Å². The van der Waals surface area contributed by atoms with Gasteiger partial charge in [-0.2, -0.15) is 4.98 Å². The van der Waals surface area contributed by atoms with Crippen LogP contribution in [0.15, 0.2) is 60.7 Å². The van der Waals surface area contributed by atoms with Gasteiger partial charge in [-0.25, -0.2) is 4.98 Å². The molecular weight excluding hydrogens is 324 g/mol. The van der Waals surface area contributed by atoms with Crippen LogP contribution < -0.4 is 15.4 Å². The Labute approximate surface area is 153 Å². The molecule has 26 heavy (non-hydrogen) atoms. The zero-order chi connectivity index (χ0) is 17.8. The Morgan fingerprint density at radius 2 is 1.77 bits per heavy atom. The van der Waals surface area contributed by atoms with E-state index in [1.165, 1.54) is 18.4 Å². The molecule has 0 aliphatic heterocycles. The lowest BCUT2D eigenvalue weighted by Gasteiger charge is -2.11. The molecule has 1 aromatic heterocycles. The summed E-state index contributed by atoms with van der Waals surface area (Å²) in [5.74, 6) is 2.36. The van der Waals surface area contributed by atoms with Crippen molar-refractivity contribution in [1.29, 1.82) is 0 Å². The van der Waals surface area contributed by atoms with Crippen molar-refractivity contribution in [3.8, 4) is 17.0 Å². The number of benzene rings is 2. The normalized spacial score (nSPS) is 13.3. The van der Waals surface area contributed by atoms with E-state index in [1.54, 1.807) is 7.11 Å². The second kappa shape index (κ2) is 7.44. The van der Waals surface area contributed by atoms with Crippen molar-refractivity contribution >= 4 is 11.8 Å². The van der Waals surface area contributed by atoms with E-state index in [1.807, 2.05) is 36.4 Å². The Kier molecular flexibility index (Phi) is 4.69. The molecule has 3 aromatic rings. The van der Waals surface area contributed by atoms with Crippen molar-refractivity contribution < 1.29 is 4.74 Å². The van der Waals surface area contributed by atoms with E-state index in [4.69, 9.17) is 4.74 Å². The van der Waals surface area contributed by atoms with Gasteiger partial charge < -0.3 is 15.4 Å². The van der Waals surface area contributed by atoms with Crippen LogP contribution in [-0.2, 0) is 6.54 Å². The maximum Gasteiger partial charge on any atom is 0.225 e. The number of methoxy groups -OCH3 is 1. The van der Waals surface area contributed by atoms with Gasteiger partial charge in [-0.05, 0) is 30.5 Å². The minimum Gasteiger partial charge on any atom is -0.497 e. The van der Waals surface area contributed by atoms with Gasteiger partial charge in [0.2, 0.25) is 5.95 Å². The summed E-state index contributed by atoms with van der Waals surface area (Å²) in [6, 6.07) is 20.7. The Bertz CT molecular complexity index is 861. The van der Waals surface area contributed by atoms with Gasteiger partial charge in [-0.15, -0.1) is 0 Å². The first-order valence-electron chi connectivity index (χ1n) is 8.88. The van der Waals surface area contributed by atoms with Gasteiger partial charge in [0.25, 0.3) is 0 Å². The number of nitrogens with zero attached hydrogens (tertiary/aromatic N) is 2. The van der Waals surface area contributed by atoms with Gasteiger partial charge in [0.05, 0.1) is 12.8 Å². The summed E-state index contributed by atoms with van der Waals surface area (Å²) >= 11 is 0. The van der Waals surface area contributed by atoms with Crippen LogP contribution >= 0.6 is 0 Å². The third kappa shape index (κ3) is 4.11. The highest BCUT2D eigenvalue weighted by Crippen LogP contribution is 2.26. The number of anilines is 2. The number of rotatable bonds is 7. The average Bonchev–Trinajstić information content (AvgIpc) is 3.51. The van der Waals surface area contributed by atoms with Crippen LogP contribution in [0.5, 0.6) is 5.75 Å². The molecule has 0 unspecified atom stereocenters. The minimum atomic E-state index is 0.510. The van der Waals surface area contributed by atoms with E-state index in [-0.39, 0.29) is 0 Å². The van der Waals surface area contributed by atoms with Crippen molar-refractivity contribution in [2.45, 2.75) is 25.4 Å². The lowest BCUT2D eigenvalue weighted by atomic mass is 10.1. The van der Waals surface area contributed by atoms with Gasteiger partial charge in [-0.1, -0.05) is 42.5 Å². The molecule has 132 valence electrons. The topological polar surface area (TPSA) is 59.1 Å². The summed E-state index contributed by atoms with van der Waals surface area (Å²) in [4.78, 5) is 9.31. The van der Waals surface area contributed by atoms with E-state index >= 15 is 0 Å². The molecule has 1 aliphatic rings. The average molecular weight is 346 g/mol. The van der Waals surface area contributed by atoms with Gasteiger partial charge in [0.15, 0.2) is 0 Å². The first-order valence-corrected chi connectivity index (χ1v) is 8.88. The molecule has 5 nitrogen and oxygen atoms in total. The Morgan fingerprint density at radius 3 is 2.46 bits per heavy atom. The molecule has 2 aromatic carbocycles. The summed E-state index contributed by atoms with van der Waals surface area (Å²) in [6.45, 7) is 0.693. The standard InChI is InChI=1S/C21H22N4O/c1-26-18-11-7-15(8-12-18)14-22-20-13-19(16-5-3-2-4-6-16)24-21(25-20)23-17-9-10-17/h2-8,11-13,17H,9-10,14H2,1H3,(H2,22,23,24,25). The zero-order valence-electron chi connectivity index (χ0n) is 14.8. The van der Waals surface area contributed by atoms with E-state index in [0.717, 1.165) is 22.8 Å². The molecule has 5 heteroatoms. The summed E-state index contributed by atoms with van der Waals surface area (Å²) < 4.78 is 5.21. The Balaban J connectivity index is 1.55. The molecule has 1 heterocycles. The summed E-state index contributed by atoms with van der Waals surface area (Å²) in [6.07, 6.45) is 2.38. The summed E-state index contributed by atoms with van der Waals surface area (Å²) in [5.41, 5.74) is 3.17. The quantitative estimate of drug-likeness (QED) is 0.666. The monoisotopic (exact) mass is 346 g/mol. The fraction of sp³-hybridized carbons (Fsp3) is 0.238. The van der Waals surface area contributed by atoms with Crippen LogP contribution in [0, 0.1) is 0 Å². The first-order chi connectivity index (χ1) is 12.8. The van der Waals surface area contributed by atoms with Crippen LogP contribution in [-0.4, -0.2) is 23.1 Å². The van der Waals surface area contributed by atoms with Crippen LogP contribution in [0.4, 0.5) is 11.8 Å². The highest BCUT2D eigenvalue weighted by atomic mass is 16.5. The van der Waals surface area contributed by atoms with Crippen molar-refractivity contribution in [3.63, 3.8) is 0 Å². The van der Waals surface area contributed by atoms with Gasteiger partial charge in [0.1, 0.15) is 11.6 Å². The fourth-order valence-corrected chi connectivity index (χ4v) is 2.71. The molecule has 0 radical (unpaired) electrons. The van der Waals surface area contributed by atoms with Gasteiger partial charge in [0, 0.05) is 24.2 Å². The molecule has 0 saturated heterocycles. The molecule has 0 atom stereocenters. The maximum atomic E-state index is 5.21. The minimum absolute atomic E-state index is 0.510. The predicted molar refractivity (Wildman–Crippen MR) is 104 cm³/mol. The highest BCUT2D eigenvalue weighted by Gasteiger charge is 2.22. The number of aromatic nitrogens is 2. The Hall–Kier alpha value is -3.08. The molecule has 4 rings (SSSR count). The van der Waals surface area contributed by atoms with Crippen molar-refractivity contribution in [2.75, 3.05) is 17.7 Å². The number of nitrogens with one attached hydrogen (secondary N) is 2. The fourth-order valence-electron chi connectivity index (χ4n) is 2.71. The number of hydrogen-bond donors (Lipinski definition) is 2. The van der Waals surface area contributed by atoms with Crippen LogP contribution in [0.1, 0.15) is 18.4 Å². The molecule has 2 N–H and O–H groups in total. The lowest BCUT2D eigenvalue weighted by Crippen LogP contribution is -2.09. The second-order valence-corrected chi connectivity index (χ2v) is 6.45. The van der Waals surface area contributed by atoms with Crippen molar-refractivity contribution in [1.82, 2.24) is 9.97 Å². The molecule has 0 bridgehead atoms. The van der Waals surface area contributed by atoms with E-state index in [0.29, 0.717) is 18.5 Å². The lowest BCUT2D eigenvalue weighted by molar-refractivity contribution is 0.414. The third-order valence-corrected chi connectivity index (χ3v) is 4.34. The van der Waals surface area contributed by atoms with E-state index in [9.17, 15) is 0 Å².